The summed E-state index contributed by atoms with van der Waals surface area (Å²) in [5, 5.41) is 17.7. The number of phenols is 1. The van der Waals surface area contributed by atoms with Gasteiger partial charge in [0.25, 0.3) is 0 Å². The molecule has 0 aromatic heterocycles. The van der Waals surface area contributed by atoms with Gasteiger partial charge in [-0.05, 0) is 6.42 Å². The lowest BCUT2D eigenvalue weighted by molar-refractivity contribution is 0.400. The molecule has 0 spiro atoms. The summed E-state index contributed by atoms with van der Waals surface area (Å²) in [6.45, 7) is 0. The summed E-state index contributed by atoms with van der Waals surface area (Å²) in [6, 6.07) is 4.41. The summed E-state index contributed by atoms with van der Waals surface area (Å²) in [5.41, 5.74) is 0.160. The van der Waals surface area contributed by atoms with Crippen LogP contribution in [-0.4, -0.2) is 12.2 Å². The van der Waals surface area contributed by atoms with Crippen molar-refractivity contribution in [2.24, 2.45) is 0 Å². The number of halogens is 1. The topological polar surface area (TPSA) is 53.2 Å². The first-order chi connectivity index (χ1) is 6.69. The zero-order valence-electron chi connectivity index (χ0n) is 7.75. The molecule has 0 saturated carbocycles. The van der Waals surface area contributed by atoms with Crippen LogP contribution in [0.5, 0.6) is 11.5 Å². The molecule has 4 heteroatoms. The molecule has 0 aliphatic carbocycles. The molecule has 0 bridgehead atoms. The SMILES string of the molecule is COc1cc(O)c(CCC#N)c(F)c1. The van der Waals surface area contributed by atoms with E-state index < -0.39 is 5.82 Å². The largest absolute Gasteiger partial charge is 0.507 e. The number of rotatable bonds is 3. The van der Waals surface area contributed by atoms with Crippen LogP contribution >= 0.6 is 0 Å². The number of hydrogen-bond donors (Lipinski definition) is 1. The Kier molecular flexibility index (Phi) is 3.29. The Hall–Kier alpha value is -1.76. The van der Waals surface area contributed by atoms with E-state index in [0.717, 1.165) is 0 Å². The maximum atomic E-state index is 13.3. The Balaban J connectivity index is 3.00. The zero-order valence-corrected chi connectivity index (χ0v) is 7.75. The summed E-state index contributed by atoms with van der Waals surface area (Å²) in [7, 11) is 1.39. The fourth-order valence-electron chi connectivity index (χ4n) is 1.14. The highest BCUT2D eigenvalue weighted by Crippen LogP contribution is 2.27. The van der Waals surface area contributed by atoms with Gasteiger partial charge in [0.15, 0.2) is 0 Å². The van der Waals surface area contributed by atoms with Gasteiger partial charge in [-0.1, -0.05) is 0 Å². The van der Waals surface area contributed by atoms with Crippen LogP contribution in [0.3, 0.4) is 0 Å². The van der Waals surface area contributed by atoms with E-state index in [2.05, 4.69) is 0 Å². The third-order valence-corrected chi connectivity index (χ3v) is 1.87. The van der Waals surface area contributed by atoms with Gasteiger partial charge in [-0.2, -0.15) is 5.26 Å². The molecule has 0 saturated heterocycles. The van der Waals surface area contributed by atoms with Crippen LogP contribution in [0.4, 0.5) is 4.39 Å². The van der Waals surface area contributed by atoms with Crippen LogP contribution in [0.2, 0.25) is 0 Å². The highest BCUT2D eigenvalue weighted by atomic mass is 19.1. The Bertz CT molecular complexity index is 348. The van der Waals surface area contributed by atoms with E-state index >= 15 is 0 Å². The molecule has 1 rings (SSSR count). The Morgan fingerprint density at radius 1 is 1.57 bits per heavy atom. The number of nitriles is 1. The van der Waals surface area contributed by atoms with E-state index in [4.69, 9.17) is 10.00 Å². The van der Waals surface area contributed by atoms with Gasteiger partial charge in [0, 0.05) is 24.1 Å². The number of benzene rings is 1. The van der Waals surface area contributed by atoms with Crippen LogP contribution in [0.15, 0.2) is 12.1 Å². The second-order valence-corrected chi connectivity index (χ2v) is 2.77. The van der Waals surface area contributed by atoms with E-state index in [0.29, 0.717) is 0 Å². The van der Waals surface area contributed by atoms with Crippen molar-refractivity contribution >= 4 is 0 Å². The fraction of sp³-hybridized carbons (Fsp3) is 0.300. The van der Waals surface area contributed by atoms with Gasteiger partial charge in [-0.25, -0.2) is 4.39 Å². The third kappa shape index (κ3) is 2.13. The molecular weight excluding hydrogens is 185 g/mol. The van der Waals surface area contributed by atoms with E-state index in [-0.39, 0.29) is 29.9 Å². The first-order valence-corrected chi connectivity index (χ1v) is 4.11. The first kappa shape index (κ1) is 10.3. The van der Waals surface area contributed by atoms with Crippen LogP contribution in [0.1, 0.15) is 12.0 Å². The van der Waals surface area contributed by atoms with Crippen LogP contribution < -0.4 is 4.74 Å². The number of phenolic OH excluding ortho intramolecular Hbond substituents is 1. The molecule has 3 nitrogen and oxygen atoms in total. The predicted molar refractivity (Wildman–Crippen MR) is 48.6 cm³/mol. The molecule has 74 valence electrons. The number of hydrogen-bond acceptors (Lipinski definition) is 3. The number of ether oxygens (including phenoxy) is 1. The predicted octanol–water partition coefficient (Wildman–Crippen LogP) is 2.00. The summed E-state index contributed by atoms with van der Waals surface area (Å²) in [5.74, 6) is -0.449. The maximum Gasteiger partial charge on any atom is 0.133 e. The lowest BCUT2D eigenvalue weighted by Crippen LogP contribution is -1.93. The van der Waals surface area contributed by atoms with Gasteiger partial charge in [0.1, 0.15) is 17.3 Å². The lowest BCUT2D eigenvalue weighted by Gasteiger charge is -2.06. The average molecular weight is 195 g/mol. The molecular formula is C10H10FNO2. The number of methoxy groups -OCH3 is 1. The highest BCUT2D eigenvalue weighted by molar-refractivity contribution is 5.41. The molecule has 1 aromatic rings. The summed E-state index contributed by atoms with van der Waals surface area (Å²) in [4.78, 5) is 0. The number of aromatic hydroxyl groups is 1. The minimum absolute atomic E-state index is 0.160. The van der Waals surface area contributed by atoms with Crippen molar-refractivity contribution in [3.8, 4) is 17.6 Å². The molecule has 0 amide bonds. The molecule has 0 heterocycles. The second-order valence-electron chi connectivity index (χ2n) is 2.77. The fourth-order valence-corrected chi connectivity index (χ4v) is 1.14. The third-order valence-electron chi connectivity index (χ3n) is 1.87. The van der Waals surface area contributed by atoms with Crippen molar-refractivity contribution in [2.75, 3.05) is 7.11 Å². The molecule has 0 atom stereocenters. The van der Waals surface area contributed by atoms with Crippen LogP contribution in [0, 0.1) is 17.1 Å². The highest BCUT2D eigenvalue weighted by Gasteiger charge is 2.10. The Morgan fingerprint density at radius 3 is 2.79 bits per heavy atom. The minimum Gasteiger partial charge on any atom is -0.507 e. The van der Waals surface area contributed by atoms with E-state index in [9.17, 15) is 9.50 Å². The lowest BCUT2D eigenvalue weighted by atomic mass is 10.1. The molecule has 0 radical (unpaired) electrons. The van der Waals surface area contributed by atoms with Gasteiger partial charge in [-0.15, -0.1) is 0 Å². The Morgan fingerprint density at radius 2 is 2.29 bits per heavy atom. The summed E-state index contributed by atoms with van der Waals surface area (Å²) in [6.07, 6.45) is 0.384. The monoisotopic (exact) mass is 195 g/mol. The van der Waals surface area contributed by atoms with Crippen LogP contribution in [0.25, 0.3) is 0 Å². The smallest absolute Gasteiger partial charge is 0.133 e. The van der Waals surface area contributed by atoms with Crippen molar-refractivity contribution in [1.82, 2.24) is 0 Å². The second kappa shape index (κ2) is 4.47. The maximum absolute atomic E-state index is 13.3. The van der Waals surface area contributed by atoms with Gasteiger partial charge < -0.3 is 9.84 Å². The first-order valence-electron chi connectivity index (χ1n) is 4.11. The molecule has 0 aliphatic rings. The minimum atomic E-state index is -0.544. The molecule has 0 unspecified atom stereocenters. The molecule has 14 heavy (non-hydrogen) atoms. The van der Waals surface area contributed by atoms with Crippen molar-refractivity contribution in [3.05, 3.63) is 23.5 Å². The molecule has 1 aromatic carbocycles. The molecule has 1 N–H and O–H groups in total. The Labute approximate surface area is 81.4 Å². The van der Waals surface area contributed by atoms with Gasteiger partial charge in [-0.3, -0.25) is 0 Å². The van der Waals surface area contributed by atoms with Crippen molar-refractivity contribution in [3.63, 3.8) is 0 Å². The zero-order chi connectivity index (χ0) is 10.6. The van der Waals surface area contributed by atoms with Crippen molar-refractivity contribution in [2.45, 2.75) is 12.8 Å². The van der Waals surface area contributed by atoms with Gasteiger partial charge in [0.05, 0.1) is 13.2 Å². The van der Waals surface area contributed by atoms with Crippen molar-refractivity contribution in [1.29, 1.82) is 5.26 Å². The summed E-state index contributed by atoms with van der Waals surface area (Å²) < 4.78 is 18.0. The normalized spacial score (nSPS) is 9.50. The summed E-state index contributed by atoms with van der Waals surface area (Å²) >= 11 is 0. The number of nitrogens with zero attached hydrogens (tertiary/aromatic N) is 1. The standard InChI is InChI=1S/C10H10FNO2/c1-14-7-5-9(11)8(3-2-4-12)10(13)6-7/h5-6,13H,2-3H2,1H3. The average Bonchev–Trinajstić information content (AvgIpc) is 2.16. The van der Waals surface area contributed by atoms with E-state index in [1.807, 2.05) is 6.07 Å². The molecule has 0 fully saturated rings. The quantitative estimate of drug-likeness (QED) is 0.802. The van der Waals surface area contributed by atoms with Crippen molar-refractivity contribution < 1.29 is 14.2 Å². The van der Waals surface area contributed by atoms with E-state index in [1.54, 1.807) is 0 Å². The van der Waals surface area contributed by atoms with Crippen LogP contribution in [-0.2, 0) is 6.42 Å². The van der Waals surface area contributed by atoms with Gasteiger partial charge >= 0.3 is 0 Å². The molecule has 0 aliphatic heterocycles. The van der Waals surface area contributed by atoms with E-state index in [1.165, 1.54) is 19.2 Å². The van der Waals surface area contributed by atoms with Gasteiger partial charge in [0.2, 0.25) is 0 Å².